The fourth-order valence-electron chi connectivity index (χ4n) is 4.98. The Morgan fingerprint density at radius 1 is 0.857 bits per heavy atom. The first-order valence-electron chi connectivity index (χ1n) is 13.5. The van der Waals surface area contributed by atoms with E-state index in [0.29, 0.717) is 37.6 Å². The summed E-state index contributed by atoms with van der Waals surface area (Å²) in [6, 6.07) is 31.5. The molecule has 1 N–H and O–H groups in total. The summed E-state index contributed by atoms with van der Waals surface area (Å²) in [7, 11) is -2.35. The Morgan fingerprint density at radius 3 is 2.00 bits per heavy atom. The number of nitrogens with one attached hydrogen (secondary N) is 1. The Bertz CT molecular complexity index is 1560. The number of carbonyl (C=O) groups is 1. The van der Waals surface area contributed by atoms with Crippen molar-refractivity contribution in [3.8, 4) is 11.5 Å². The number of benzene rings is 4. The van der Waals surface area contributed by atoms with E-state index in [1.54, 1.807) is 29.2 Å². The van der Waals surface area contributed by atoms with Gasteiger partial charge in [0.2, 0.25) is 0 Å². The third-order valence-electron chi connectivity index (χ3n) is 7.17. The molecule has 1 aliphatic rings. The van der Waals surface area contributed by atoms with Crippen LogP contribution in [0.3, 0.4) is 0 Å². The second-order valence-corrected chi connectivity index (χ2v) is 11.9. The number of hydrogen-bond donors (Lipinski definition) is 1. The van der Waals surface area contributed by atoms with Crippen LogP contribution < -0.4 is 14.2 Å². The summed E-state index contributed by atoms with van der Waals surface area (Å²) < 4.78 is 39.0. The molecule has 4 aromatic rings. The first kappa shape index (κ1) is 29.4. The molecule has 0 unspecified atom stereocenters. The highest BCUT2D eigenvalue weighted by atomic mass is 35.5. The van der Waals surface area contributed by atoms with E-state index in [1.165, 1.54) is 36.4 Å². The van der Waals surface area contributed by atoms with Crippen molar-refractivity contribution < 1.29 is 22.7 Å². The molecule has 4 aromatic carbocycles. The van der Waals surface area contributed by atoms with Crippen LogP contribution in [0.15, 0.2) is 108 Å². The molecule has 1 fully saturated rings. The van der Waals surface area contributed by atoms with E-state index >= 15 is 0 Å². The average Bonchev–Trinajstić information content (AvgIpc) is 3.02. The molecule has 0 atom stereocenters. The number of nitrogens with zero attached hydrogens (tertiary/aromatic N) is 2. The lowest BCUT2D eigenvalue weighted by atomic mass is 9.96. The van der Waals surface area contributed by atoms with Gasteiger partial charge in [0.1, 0.15) is 11.5 Å². The maximum Gasteiger partial charge on any atom is 0.261 e. The molecule has 218 valence electrons. The normalized spacial score (nSPS) is 14.0. The van der Waals surface area contributed by atoms with Crippen molar-refractivity contribution in [2.45, 2.75) is 10.9 Å². The molecule has 0 saturated carbocycles. The molecule has 1 aliphatic heterocycles. The first-order valence-corrected chi connectivity index (χ1v) is 15.4. The minimum absolute atomic E-state index is 0.0236. The Labute approximate surface area is 251 Å². The maximum absolute atomic E-state index is 13.0. The highest BCUT2D eigenvalue weighted by molar-refractivity contribution is 7.92. The van der Waals surface area contributed by atoms with E-state index in [0.717, 1.165) is 0 Å². The third kappa shape index (κ3) is 7.05. The number of ether oxygens (including phenoxy) is 2. The van der Waals surface area contributed by atoms with Crippen LogP contribution in [0.25, 0.3) is 0 Å². The molecule has 1 saturated heterocycles. The van der Waals surface area contributed by atoms with Crippen molar-refractivity contribution in [1.29, 1.82) is 0 Å². The van der Waals surface area contributed by atoms with Crippen LogP contribution in [-0.4, -0.2) is 64.0 Å². The van der Waals surface area contributed by atoms with Gasteiger partial charge in [-0.3, -0.25) is 14.4 Å². The van der Waals surface area contributed by atoms with Crippen LogP contribution in [0.1, 0.15) is 17.2 Å². The summed E-state index contributed by atoms with van der Waals surface area (Å²) in [4.78, 5) is 17.2. The van der Waals surface area contributed by atoms with Gasteiger partial charge in [0.05, 0.1) is 23.1 Å². The van der Waals surface area contributed by atoms with E-state index in [4.69, 9.17) is 21.1 Å². The molecule has 10 heteroatoms. The summed E-state index contributed by atoms with van der Waals surface area (Å²) in [5.41, 5.74) is 2.81. The van der Waals surface area contributed by atoms with Gasteiger partial charge in [-0.15, -0.1) is 0 Å². The highest BCUT2D eigenvalue weighted by Gasteiger charge is 2.28. The van der Waals surface area contributed by atoms with Crippen LogP contribution in [0.4, 0.5) is 5.69 Å². The van der Waals surface area contributed by atoms with Gasteiger partial charge >= 0.3 is 0 Å². The number of sulfonamides is 1. The van der Waals surface area contributed by atoms with Gasteiger partial charge in [-0.05, 0) is 53.6 Å². The average molecular weight is 606 g/mol. The Morgan fingerprint density at radius 2 is 1.45 bits per heavy atom. The fourth-order valence-corrected chi connectivity index (χ4v) is 6.37. The summed E-state index contributed by atoms with van der Waals surface area (Å²) in [5, 5.41) is 0.0961. The van der Waals surface area contributed by atoms with Crippen molar-refractivity contribution >= 4 is 33.2 Å². The number of methoxy groups -OCH3 is 1. The molecule has 8 nitrogen and oxygen atoms in total. The molecule has 1 amide bonds. The van der Waals surface area contributed by atoms with Crippen molar-refractivity contribution in [2.75, 3.05) is 44.6 Å². The fraction of sp³-hybridized carbons (Fsp3) is 0.219. The topological polar surface area (TPSA) is 88.2 Å². The van der Waals surface area contributed by atoms with Crippen molar-refractivity contribution in [3.63, 3.8) is 0 Å². The molecule has 0 bridgehead atoms. The van der Waals surface area contributed by atoms with Gasteiger partial charge in [-0.25, -0.2) is 8.42 Å². The SMILES string of the molecule is COc1ccc(NS(=O)(=O)c2ccc(OCC(=O)N3CCN(C(c4ccccc4)c4ccccc4)CC3)c(Cl)c2)cc1. The van der Waals surface area contributed by atoms with Crippen LogP contribution in [0.5, 0.6) is 11.5 Å². The minimum atomic E-state index is -3.88. The Hall–Kier alpha value is -4.05. The van der Waals surface area contributed by atoms with E-state index < -0.39 is 10.0 Å². The number of rotatable bonds is 10. The van der Waals surface area contributed by atoms with Crippen molar-refractivity contribution in [1.82, 2.24) is 9.80 Å². The standard InChI is InChI=1S/C32H32ClN3O5S/c1-40-27-14-12-26(13-15-27)34-42(38,39)28-16-17-30(29(33)22-28)41-23-31(37)35-18-20-36(21-19-35)32(24-8-4-2-5-9-24)25-10-6-3-7-11-25/h2-17,22,32,34H,18-21,23H2,1H3. The summed E-state index contributed by atoms with van der Waals surface area (Å²) in [5.74, 6) is 0.697. The molecule has 1 heterocycles. The zero-order valence-corrected chi connectivity index (χ0v) is 24.7. The number of halogens is 1. The molecule has 0 aliphatic carbocycles. The Balaban J connectivity index is 1.17. The van der Waals surface area contributed by atoms with Gasteiger partial charge in [0.25, 0.3) is 15.9 Å². The molecular formula is C32H32ClN3O5S. The van der Waals surface area contributed by atoms with Gasteiger partial charge in [-0.1, -0.05) is 72.3 Å². The first-order chi connectivity index (χ1) is 20.3. The van der Waals surface area contributed by atoms with Crippen LogP contribution >= 0.6 is 11.6 Å². The molecule has 42 heavy (non-hydrogen) atoms. The maximum atomic E-state index is 13.0. The van der Waals surface area contributed by atoms with Gasteiger partial charge < -0.3 is 14.4 Å². The largest absolute Gasteiger partial charge is 0.497 e. The smallest absolute Gasteiger partial charge is 0.261 e. The van der Waals surface area contributed by atoms with Gasteiger partial charge in [0.15, 0.2) is 6.61 Å². The molecular weight excluding hydrogens is 574 g/mol. The number of piperazine rings is 1. The lowest BCUT2D eigenvalue weighted by molar-refractivity contribution is -0.135. The third-order valence-corrected chi connectivity index (χ3v) is 8.84. The van der Waals surface area contributed by atoms with Gasteiger partial charge in [-0.2, -0.15) is 0 Å². The second kappa shape index (κ2) is 13.3. The van der Waals surface area contributed by atoms with Crippen LogP contribution in [-0.2, 0) is 14.8 Å². The lowest BCUT2D eigenvalue weighted by Gasteiger charge is -2.39. The summed E-state index contributed by atoms with van der Waals surface area (Å²) in [6.07, 6.45) is 0. The summed E-state index contributed by atoms with van der Waals surface area (Å²) in [6.45, 7) is 2.38. The Kier molecular flexibility index (Phi) is 9.31. The van der Waals surface area contributed by atoms with Crippen molar-refractivity contribution in [3.05, 3.63) is 119 Å². The quantitative estimate of drug-likeness (QED) is 0.258. The zero-order valence-electron chi connectivity index (χ0n) is 23.1. The van der Waals surface area contributed by atoms with E-state index in [9.17, 15) is 13.2 Å². The van der Waals surface area contributed by atoms with Gasteiger partial charge in [0, 0.05) is 31.9 Å². The second-order valence-electron chi connectivity index (χ2n) is 9.86. The van der Waals surface area contributed by atoms with E-state index in [-0.39, 0.29) is 34.2 Å². The predicted octanol–water partition coefficient (Wildman–Crippen LogP) is 5.46. The molecule has 0 aromatic heterocycles. The zero-order chi connectivity index (χ0) is 29.5. The molecule has 0 radical (unpaired) electrons. The minimum Gasteiger partial charge on any atom is -0.497 e. The van der Waals surface area contributed by atoms with E-state index in [2.05, 4.69) is 33.9 Å². The number of amides is 1. The van der Waals surface area contributed by atoms with E-state index in [1.807, 2.05) is 36.4 Å². The lowest BCUT2D eigenvalue weighted by Crippen LogP contribution is -2.51. The van der Waals surface area contributed by atoms with Crippen molar-refractivity contribution in [2.24, 2.45) is 0 Å². The predicted molar refractivity (Wildman–Crippen MR) is 164 cm³/mol. The number of carbonyl (C=O) groups excluding carboxylic acids is 1. The van der Waals surface area contributed by atoms with Crippen LogP contribution in [0.2, 0.25) is 5.02 Å². The monoisotopic (exact) mass is 605 g/mol. The molecule has 0 spiro atoms. The summed E-state index contributed by atoms with van der Waals surface area (Å²) >= 11 is 6.35. The number of anilines is 1. The molecule has 5 rings (SSSR count). The van der Waals surface area contributed by atoms with Crippen LogP contribution in [0, 0.1) is 0 Å². The number of hydrogen-bond acceptors (Lipinski definition) is 6. The highest BCUT2D eigenvalue weighted by Crippen LogP contribution is 2.31.